The second-order valence-electron chi connectivity index (χ2n) is 4.72. The van der Waals surface area contributed by atoms with E-state index >= 15 is 0 Å². The van der Waals surface area contributed by atoms with E-state index in [2.05, 4.69) is 26.6 Å². The average molecular weight is 396 g/mol. The minimum absolute atomic E-state index is 0.0274. The molecule has 0 saturated heterocycles. The van der Waals surface area contributed by atoms with Crippen molar-refractivity contribution in [3.8, 4) is 0 Å². The standard InChI is InChI=1S/C14H17BrF3N3O2/c15-10-2-1-8(16)7-9(10)14(23)20-6-4-12(22)21-11(3-5-19)13(17)18/h1-2,7,11,13H,3-6,19H2,(H,20,23)(H,21,22). The zero-order valence-electron chi connectivity index (χ0n) is 12.1. The first kappa shape index (κ1) is 19.4. The fraction of sp³-hybridized carbons (Fsp3) is 0.429. The van der Waals surface area contributed by atoms with Gasteiger partial charge in [-0.3, -0.25) is 9.59 Å². The minimum Gasteiger partial charge on any atom is -0.351 e. The van der Waals surface area contributed by atoms with E-state index in [4.69, 9.17) is 5.73 Å². The molecule has 4 N–H and O–H groups in total. The summed E-state index contributed by atoms with van der Waals surface area (Å²) in [6.45, 7) is -0.0359. The van der Waals surface area contributed by atoms with Crippen LogP contribution in [0.2, 0.25) is 0 Å². The van der Waals surface area contributed by atoms with Crippen LogP contribution in [0.4, 0.5) is 13.2 Å². The van der Waals surface area contributed by atoms with Gasteiger partial charge >= 0.3 is 0 Å². The maximum atomic E-state index is 13.1. The third-order valence-corrected chi connectivity index (χ3v) is 3.63. The quantitative estimate of drug-likeness (QED) is 0.627. The molecular weight excluding hydrogens is 379 g/mol. The first-order valence-corrected chi connectivity index (χ1v) is 7.65. The van der Waals surface area contributed by atoms with Crippen LogP contribution in [0.15, 0.2) is 22.7 Å². The topological polar surface area (TPSA) is 84.2 Å². The van der Waals surface area contributed by atoms with Crippen molar-refractivity contribution in [3.05, 3.63) is 34.1 Å². The molecule has 1 aromatic rings. The van der Waals surface area contributed by atoms with E-state index in [1.54, 1.807) is 0 Å². The number of hydrogen-bond acceptors (Lipinski definition) is 3. The van der Waals surface area contributed by atoms with Crippen molar-refractivity contribution in [2.24, 2.45) is 5.73 Å². The van der Waals surface area contributed by atoms with Crippen molar-refractivity contribution in [3.63, 3.8) is 0 Å². The van der Waals surface area contributed by atoms with Gasteiger partial charge in [-0.2, -0.15) is 0 Å². The molecule has 5 nitrogen and oxygen atoms in total. The fourth-order valence-electron chi connectivity index (χ4n) is 1.78. The summed E-state index contributed by atoms with van der Waals surface area (Å²) >= 11 is 3.12. The lowest BCUT2D eigenvalue weighted by Gasteiger charge is -2.17. The van der Waals surface area contributed by atoms with Gasteiger partial charge in [0.1, 0.15) is 5.82 Å². The van der Waals surface area contributed by atoms with Crippen LogP contribution in [0.25, 0.3) is 0 Å². The summed E-state index contributed by atoms with van der Waals surface area (Å²) in [5.41, 5.74) is 5.28. The second kappa shape index (κ2) is 9.51. The first-order valence-electron chi connectivity index (χ1n) is 6.86. The predicted molar refractivity (Wildman–Crippen MR) is 82.7 cm³/mol. The smallest absolute Gasteiger partial charge is 0.258 e. The van der Waals surface area contributed by atoms with Gasteiger partial charge in [0.25, 0.3) is 12.3 Å². The summed E-state index contributed by atoms with van der Waals surface area (Å²) in [5.74, 6) is -1.77. The van der Waals surface area contributed by atoms with Gasteiger partial charge in [0.05, 0.1) is 11.6 Å². The van der Waals surface area contributed by atoms with E-state index in [0.717, 1.165) is 6.07 Å². The monoisotopic (exact) mass is 395 g/mol. The molecule has 0 heterocycles. The summed E-state index contributed by atoms with van der Waals surface area (Å²) in [6, 6.07) is 2.32. The number of carbonyl (C=O) groups is 2. The van der Waals surface area contributed by atoms with Crippen LogP contribution in [0.5, 0.6) is 0 Å². The van der Waals surface area contributed by atoms with Crippen molar-refractivity contribution in [2.45, 2.75) is 25.3 Å². The van der Waals surface area contributed by atoms with E-state index in [-0.39, 0.29) is 31.5 Å². The summed E-state index contributed by atoms with van der Waals surface area (Å²) in [5, 5.41) is 4.59. The predicted octanol–water partition coefficient (Wildman–Crippen LogP) is 1.81. The lowest BCUT2D eigenvalue weighted by Crippen LogP contribution is -2.42. The van der Waals surface area contributed by atoms with Crippen molar-refractivity contribution in [1.82, 2.24) is 10.6 Å². The Morgan fingerprint density at radius 1 is 1.30 bits per heavy atom. The third kappa shape index (κ3) is 6.57. The number of hydrogen-bond donors (Lipinski definition) is 3. The molecule has 0 aliphatic heterocycles. The molecule has 0 aliphatic carbocycles. The Bertz CT molecular complexity index is 558. The molecule has 0 fully saturated rings. The fourth-order valence-corrected chi connectivity index (χ4v) is 2.20. The van der Waals surface area contributed by atoms with Gasteiger partial charge < -0.3 is 16.4 Å². The van der Waals surface area contributed by atoms with Crippen molar-refractivity contribution < 1.29 is 22.8 Å². The molecule has 0 aliphatic rings. The molecule has 0 bridgehead atoms. The van der Waals surface area contributed by atoms with Crippen LogP contribution >= 0.6 is 15.9 Å². The highest BCUT2D eigenvalue weighted by atomic mass is 79.9. The summed E-state index contributed by atoms with van der Waals surface area (Å²) in [6.07, 6.45) is -2.92. The summed E-state index contributed by atoms with van der Waals surface area (Å²) in [7, 11) is 0. The van der Waals surface area contributed by atoms with E-state index in [9.17, 15) is 22.8 Å². The average Bonchev–Trinajstić information content (AvgIpc) is 2.49. The maximum Gasteiger partial charge on any atom is 0.258 e. The normalized spacial score (nSPS) is 12.1. The van der Waals surface area contributed by atoms with Crippen molar-refractivity contribution in [1.29, 1.82) is 0 Å². The highest BCUT2D eigenvalue weighted by Crippen LogP contribution is 2.17. The van der Waals surface area contributed by atoms with Crippen LogP contribution in [0, 0.1) is 5.82 Å². The van der Waals surface area contributed by atoms with E-state index in [1.165, 1.54) is 12.1 Å². The Balaban J connectivity index is 2.45. The van der Waals surface area contributed by atoms with E-state index in [0.29, 0.717) is 4.47 Å². The largest absolute Gasteiger partial charge is 0.351 e. The van der Waals surface area contributed by atoms with Gasteiger partial charge in [-0.15, -0.1) is 0 Å². The summed E-state index contributed by atoms with van der Waals surface area (Å²) < 4.78 is 38.7. The Kier molecular flexibility index (Phi) is 8.04. The molecule has 0 spiro atoms. The molecule has 9 heteroatoms. The van der Waals surface area contributed by atoms with Gasteiger partial charge in [-0.25, -0.2) is 13.2 Å². The van der Waals surface area contributed by atoms with Gasteiger partial charge in [0.15, 0.2) is 0 Å². The lowest BCUT2D eigenvalue weighted by atomic mass is 10.2. The molecule has 1 atom stereocenters. The number of halogens is 4. The van der Waals surface area contributed by atoms with Crippen LogP contribution in [0.1, 0.15) is 23.2 Å². The highest BCUT2D eigenvalue weighted by molar-refractivity contribution is 9.10. The molecule has 0 aromatic heterocycles. The minimum atomic E-state index is -2.71. The van der Waals surface area contributed by atoms with Crippen LogP contribution < -0.4 is 16.4 Å². The SMILES string of the molecule is NCCC(NC(=O)CCNC(=O)c1cc(F)ccc1Br)C(F)F. The Morgan fingerprint density at radius 3 is 2.61 bits per heavy atom. The van der Waals surface area contributed by atoms with Gasteiger partial charge in [0.2, 0.25) is 5.91 Å². The molecule has 128 valence electrons. The number of amides is 2. The number of rotatable bonds is 8. The highest BCUT2D eigenvalue weighted by Gasteiger charge is 2.21. The third-order valence-electron chi connectivity index (χ3n) is 2.94. The van der Waals surface area contributed by atoms with Crippen LogP contribution in [-0.4, -0.2) is 37.4 Å². The number of carbonyl (C=O) groups excluding carboxylic acids is 2. The molecule has 2 amide bonds. The molecular formula is C14H17BrF3N3O2. The number of nitrogens with two attached hydrogens (primary N) is 1. The van der Waals surface area contributed by atoms with Crippen LogP contribution in [-0.2, 0) is 4.79 Å². The first-order chi connectivity index (χ1) is 10.8. The van der Waals surface area contributed by atoms with E-state index in [1.807, 2.05) is 0 Å². The maximum absolute atomic E-state index is 13.1. The van der Waals surface area contributed by atoms with Crippen molar-refractivity contribution in [2.75, 3.05) is 13.1 Å². The molecule has 0 radical (unpaired) electrons. The second-order valence-corrected chi connectivity index (χ2v) is 5.57. The van der Waals surface area contributed by atoms with Gasteiger partial charge in [-0.1, -0.05) is 0 Å². The molecule has 0 saturated carbocycles. The zero-order valence-corrected chi connectivity index (χ0v) is 13.7. The number of alkyl halides is 2. The van der Waals surface area contributed by atoms with Crippen molar-refractivity contribution >= 4 is 27.7 Å². The molecule has 1 unspecified atom stereocenters. The number of nitrogens with one attached hydrogen (secondary N) is 2. The Labute approximate surface area is 139 Å². The van der Waals surface area contributed by atoms with Gasteiger partial charge in [0, 0.05) is 17.4 Å². The summed E-state index contributed by atoms with van der Waals surface area (Å²) in [4.78, 5) is 23.4. The van der Waals surface area contributed by atoms with Crippen LogP contribution in [0.3, 0.4) is 0 Å². The van der Waals surface area contributed by atoms with Gasteiger partial charge in [-0.05, 0) is 47.1 Å². The number of benzene rings is 1. The molecule has 1 aromatic carbocycles. The Morgan fingerprint density at radius 2 is 2.00 bits per heavy atom. The zero-order chi connectivity index (χ0) is 17.4. The molecule has 23 heavy (non-hydrogen) atoms. The Hall–Kier alpha value is -1.61. The lowest BCUT2D eigenvalue weighted by molar-refractivity contribution is -0.122. The molecule has 1 rings (SSSR count). The van der Waals surface area contributed by atoms with E-state index < -0.39 is 30.1 Å².